The van der Waals surface area contributed by atoms with Crippen LogP contribution in [0.15, 0.2) is 48.5 Å². The predicted molar refractivity (Wildman–Crippen MR) is 204 cm³/mol. The number of pyridine rings is 2. The van der Waals surface area contributed by atoms with Crippen molar-refractivity contribution >= 4 is 35.1 Å². The number of nitrogens with zero attached hydrogens (tertiary/aromatic N) is 3. The maximum absolute atomic E-state index is 12.2. The Morgan fingerprint density at radius 2 is 1.43 bits per heavy atom. The molecule has 276 valence electrons. The number of esters is 1. The second kappa shape index (κ2) is 14.9. The molecule has 2 aliphatic heterocycles. The van der Waals surface area contributed by atoms with Crippen LogP contribution in [0.2, 0.25) is 10.0 Å². The minimum Gasteiger partial charge on any atom is -0.481 e. The van der Waals surface area contributed by atoms with Crippen LogP contribution in [0.25, 0.3) is 33.6 Å². The Balaban J connectivity index is 1.06. The second-order valence-corrected chi connectivity index (χ2v) is 15.0. The number of likely N-dealkylation sites (tertiary alicyclic amines) is 1. The number of halogens is 2. The average molecular weight is 757 g/mol. The van der Waals surface area contributed by atoms with Crippen molar-refractivity contribution in [2.45, 2.75) is 63.6 Å². The zero-order valence-corrected chi connectivity index (χ0v) is 31.6. The lowest BCUT2D eigenvalue weighted by molar-refractivity contribution is -0.155. The number of amides is 1. The van der Waals surface area contributed by atoms with E-state index in [9.17, 15) is 9.59 Å². The molecule has 3 atom stereocenters. The van der Waals surface area contributed by atoms with Crippen molar-refractivity contribution in [2.24, 2.45) is 5.92 Å². The first kappa shape index (κ1) is 35.8. The number of hydrogen-bond acceptors (Lipinski definition) is 9. The van der Waals surface area contributed by atoms with Gasteiger partial charge in [-0.05, 0) is 62.3 Å². The number of nitrogens with one attached hydrogen (secondary N) is 2. The van der Waals surface area contributed by atoms with Crippen molar-refractivity contribution in [1.82, 2.24) is 25.5 Å². The quantitative estimate of drug-likeness (QED) is 0.154. The van der Waals surface area contributed by atoms with Crippen LogP contribution in [0, 0.1) is 5.92 Å². The molecule has 0 spiro atoms. The molecule has 2 fully saturated rings. The fourth-order valence-corrected chi connectivity index (χ4v) is 9.16. The SMILES string of the molecule is CCOC(=O)C1CN([C@@H]2CCc3cc(-c4cccc(-c5cccc(-c6cc7c(c(OC)n6)[C@H](NC[C@@H]6CCC(=O)N6)CC7)c5Cl)c4Cl)nc(OC)c32)C1. The summed E-state index contributed by atoms with van der Waals surface area (Å²) >= 11 is 14.5. The van der Waals surface area contributed by atoms with Gasteiger partial charge in [-0.3, -0.25) is 14.5 Å². The van der Waals surface area contributed by atoms with E-state index in [4.69, 9.17) is 47.4 Å². The monoisotopic (exact) mass is 755 g/mol. The molecule has 2 N–H and O–H groups in total. The van der Waals surface area contributed by atoms with Crippen molar-refractivity contribution in [1.29, 1.82) is 0 Å². The molecule has 4 aliphatic rings. The van der Waals surface area contributed by atoms with E-state index in [-0.39, 0.29) is 35.9 Å². The van der Waals surface area contributed by atoms with Gasteiger partial charge in [0, 0.05) is 77.6 Å². The van der Waals surface area contributed by atoms with E-state index in [1.165, 1.54) is 11.1 Å². The average Bonchev–Trinajstić information content (AvgIpc) is 3.88. The predicted octanol–water partition coefficient (Wildman–Crippen LogP) is 7.14. The minimum absolute atomic E-state index is 0.0851. The molecule has 53 heavy (non-hydrogen) atoms. The van der Waals surface area contributed by atoms with E-state index in [0.29, 0.717) is 54.5 Å². The van der Waals surface area contributed by atoms with Gasteiger partial charge in [0.15, 0.2) is 0 Å². The number of ether oxygens (including phenoxy) is 3. The lowest BCUT2D eigenvalue weighted by atomic mass is 9.95. The molecule has 4 heterocycles. The van der Waals surface area contributed by atoms with Crippen LogP contribution in [0.1, 0.15) is 66.9 Å². The number of carbonyl (C=O) groups is 2. The molecular formula is C41H43Cl2N5O5. The first-order chi connectivity index (χ1) is 25.8. The fourth-order valence-electron chi connectivity index (χ4n) is 8.51. The van der Waals surface area contributed by atoms with Crippen LogP contribution in [-0.2, 0) is 27.2 Å². The number of benzene rings is 2. The zero-order chi connectivity index (χ0) is 36.8. The summed E-state index contributed by atoms with van der Waals surface area (Å²) in [4.78, 5) is 36.2. The van der Waals surface area contributed by atoms with E-state index in [1.54, 1.807) is 14.2 Å². The largest absolute Gasteiger partial charge is 0.481 e. The van der Waals surface area contributed by atoms with Crippen LogP contribution in [-0.4, -0.2) is 73.2 Å². The fraction of sp³-hybridized carbons (Fsp3) is 0.415. The van der Waals surface area contributed by atoms with Gasteiger partial charge in [-0.2, -0.15) is 0 Å². The second-order valence-electron chi connectivity index (χ2n) is 14.3. The Morgan fingerprint density at radius 3 is 2.02 bits per heavy atom. The van der Waals surface area contributed by atoms with Crippen LogP contribution in [0.4, 0.5) is 0 Å². The topological polar surface area (TPSA) is 115 Å². The number of fused-ring (bicyclic) bond motifs is 2. The number of carbonyl (C=O) groups excluding carboxylic acids is 2. The maximum Gasteiger partial charge on any atom is 0.311 e. The van der Waals surface area contributed by atoms with Crippen LogP contribution < -0.4 is 20.1 Å². The number of rotatable bonds is 11. The highest BCUT2D eigenvalue weighted by Crippen LogP contribution is 2.47. The van der Waals surface area contributed by atoms with E-state index in [1.807, 2.05) is 43.3 Å². The molecule has 0 radical (unpaired) electrons. The molecule has 12 heteroatoms. The molecule has 1 amide bonds. The Morgan fingerprint density at radius 1 is 0.849 bits per heavy atom. The van der Waals surface area contributed by atoms with Gasteiger partial charge >= 0.3 is 5.97 Å². The van der Waals surface area contributed by atoms with Crippen molar-refractivity contribution < 1.29 is 23.8 Å². The number of aryl methyl sites for hydroxylation is 2. The van der Waals surface area contributed by atoms with Gasteiger partial charge < -0.3 is 24.8 Å². The van der Waals surface area contributed by atoms with Gasteiger partial charge in [-0.25, -0.2) is 9.97 Å². The van der Waals surface area contributed by atoms with Crippen molar-refractivity contribution in [3.8, 4) is 45.4 Å². The Labute approximate surface area is 319 Å². The third-order valence-corrected chi connectivity index (χ3v) is 12.0. The molecule has 2 aliphatic carbocycles. The van der Waals surface area contributed by atoms with E-state index < -0.39 is 0 Å². The molecule has 4 aromatic rings. The highest BCUT2D eigenvalue weighted by Gasteiger charge is 2.42. The summed E-state index contributed by atoms with van der Waals surface area (Å²) in [6.07, 6.45) is 5.04. The first-order valence-electron chi connectivity index (χ1n) is 18.4. The Hall–Kier alpha value is -4.22. The summed E-state index contributed by atoms with van der Waals surface area (Å²) in [5.41, 5.74) is 9.13. The van der Waals surface area contributed by atoms with Crippen molar-refractivity contribution in [3.63, 3.8) is 0 Å². The Bertz CT molecular complexity index is 2090. The molecule has 0 saturated carbocycles. The van der Waals surface area contributed by atoms with E-state index in [0.717, 1.165) is 76.9 Å². The molecular weight excluding hydrogens is 713 g/mol. The number of aromatic nitrogens is 2. The normalized spacial score (nSPS) is 20.8. The minimum atomic E-state index is -0.124. The summed E-state index contributed by atoms with van der Waals surface area (Å²) in [7, 11) is 3.30. The van der Waals surface area contributed by atoms with Gasteiger partial charge in [0.1, 0.15) is 0 Å². The van der Waals surface area contributed by atoms with Crippen LogP contribution in [0.3, 0.4) is 0 Å². The summed E-state index contributed by atoms with van der Waals surface area (Å²) in [6.45, 7) is 4.30. The molecule has 0 bridgehead atoms. The maximum atomic E-state index is 12.2. The number of methoxy groups -OCH3 is 2. The van der Waals surface area contributed by atoms with E-state index in [2.05, 4.69) is 27.7 Å². The molecule has 0 unspecified atom stereocenters. The van der Waals surface area contributed by atoms with Gasteiger partial charge in [-0.15, -0.1) is 0 Å². The Kier molecular flexibility index (Phi) is 10.1. The van der Waals surface area contributed by atoms with Gasteiger partial charge in [-0.1, -0.05) is 59.6 Å². The first-order valence-corrected chi connectivity index (χ1v) is 19.2. The molecule has 2 aromatic carbocycles. The van der Waals surface area contributed by atoms with Crippen molar-refractivity contribution in [2.75, 3.05) is 40.5 Å². The van der Waals surface area contributed by atoms with E-state index >= 15 is 0 Å². The standard InChI is InChI=1S/C41H43Cl2N5O5/c1-4-53-41(50)24-20-48(21-24)33-15-12-23-18-32(47-40(52-3)36(23)33)29-10-6-8-27(38(29)43)26-7-5-9-28(37(26)42)31-17-22-11-14-30(35(22)39(46-31)51-2)44-19-25-13-16-34(49)45-25/h5-10,17-18,24-25,30,33,44H,4,11-16,19-21H2,1-3H3,(H,45,49)/t25-,30+,33+/m0/s1. The summed E-state index contributed by atoms with van der Waals surface area (Å²) in [5, 5.41) is 7.77. The van der Waals surface area contributed by atoms with Crippen molar-refractivity contribution in [3.05, 3.63) is 80.8 Å². The molecule has 2 aromatic heterocycles. The summed E-state index contributed by atoms with van der Waals surface area (Å²) in [6, 6.07) is 16.5. The highest BCUT2D eigenvalue weighted by molar-refractivity contribution is 6.39. The molecule has 8 rings (SSSR count). The summed E-state index contributed by atoms with van der Waals surface area (Å²) in [5.74, 6) is 1.07. The van der Waals surface area contributed by atoms with Gasteiger partial charge in [0.2, 0.25) is 17.7 Å². The number of hydrogen-bond donors (Lipinski definition) is 2. The van der Waals surface area contributed by atoms with Crippen LogP contribution in [0.5, 0.6) is 11.8 Å². The lowest BCUT2D eigenvalue weighted by Gasteiger charge is -2.42. The van der Waals surface area contributed by atoms with Gasteiger partial charge in [0.25, 0.3) is 0 Å². The summed E-state index contributed by atoms with van der Waals surface area (Å²) < 4.78 is 17.0. The molecule has 10 nitrogen and oxygen atoms in total. The smallest absolute Gasteiger partial charge is 0.311 e. The van der Waals surface area contributed by atoms with Gasteiger partial charge in [0.05, 0.1) is 48.2 Å². The zero-order valence-electron chi connectivity index (χ0n) is 30.1. The third-order valence-electron chi connectivity index (χ3n) is 11.2. The lowest BCUT2D eigenvalue weighted by Crippen LogP contribution is -2.51. The van der Waals surface area contributed by atoms with Crippen LogP contribution >= 0.6 is 23.2 Å². The highest BCUT2D eigenvalue weighted by atomic mass is 35.5. The molecule has 2 saturated heterocycles. The third kappa shape index (κ3) is 6.64.